The van der Waals surface area contributed by atoms with Crippen LogP contribution in [-0.2, 0) is 0 Å². The number of thiol groups is 1. The van der Waals surface area contributed by atoms with Crippen LogP contribution in [0, 0.1) is 0 Å². The van der Waals surface area contributed by atoms with E-state index in [4.69, 9.17) is 13.9 Å². The Morgan fingerprint density at radius 1 is 0.964 bits per heavy atom. The summed E-state index contributed by atoms with van der Waals surface area (Å²) >= 11 is 4.54. The van der Waals surface area contributed by atoms with Crippen molar-refractivity contribution in [3.63, 3.8) is 0 Å². The summed E-state index contributed by atoms with van der Waals surface area (Å²) in [4.78, 5) is 13.1. The van der Waals surface area contributed by atoms with Crippen molar-refractivity contribution in [3.05, 3.63) is 54.7 Å². The lowest BCUT2D eigenvalue weighted by atomic mass is 10.3. The second-order valence-electron chi connectivity index (χ2n) is 6.01. The van der Waals surface area contributed by atoms with Crippen molar-refractivity contribution in [2.75, 3.05) is 17.4 Å². The zero-order valence-electron chi connectivity index (χ0n) is 14.5. The van der Waals surface area contributed by atoms with Gasteiger partial charge >= 0.3 is 0 Å². The maximum atomic E-state index is 5.73. The molecule has 28 heavy (non-hydrogen) atoms. The Morgan fingerprint density at radius 2 is 1.89 bits per heavy atom. The van der Waals surface area contributed by atoms with E-state index in [1.807, 2.05) is 42.5 Å². The quantitative estimate of drug-likeness (QED) is 0.349. The number of oxazole rings is 1. The summed E-state index contributed by atoms with van der Waals surface area (Å²) < 4.78 is 16.4. The van der Waals surface area contributed by atoms with Gasteiger partial charge in [0.05, 0.1) is 0 Å². The number of hydrogen-bond acceptors (Lipinski definition) is 9. The molecule has 4 aromatic rings. The first-order valence-corrected chi connectivity index (χ1v) is 9.06. The Morgan fingerprint density at radius 3 is 2.82 bits per heavy atom. The van der Waals surface area contributed by atoms with Crippen LogP contribution in [0.3, 0.4) is 0 Å². The molecule has 0 bridgehead atoms. The first-order valence-electron chi connectivity index (χ1n) is 8.54. The molecule has 0 saturated carbocycles. The second kappa shape index (κ2) is 6.93. The van der Waals surface area contributed by atoms with Crippen molar-refractivity contribution < 1.29 is 13.9 Å². The zero-order chi connectivity index (χ0) is 18.9. The smallest absolute Gasteiger partial charge is 0.247 e. The van der Waals surface area contributed by atoms with E-state index in [1.165, 1.54) is 0 Å². The van der Waals surface area contributed by atoms with Crippen molar-refractivity contribution in [2.45, 2.75) is 5.50 Å². The Kier molecular flexibility index (Phi) is 4.13. The SMILES string of the molecule is SC(Nc1ccc2c(c1)OCO2)Nc1cccc(-c2nc3ncccc3o2)n1. The molecule has 0 spiro atoms. The molecule has 8 nitrogen and oxygen atoms in total. The topological polar surface area (TPSA) is 94.3 Å². The highest BCUT2D eigenvalue weighted by Gasteiger charge is 2.15. The normalized spacial score (nSPS) is 13.5. The largest absolute Gasteiger partial charge is 0.454 e. The van der Waals surface area contributed by atoms with Crippen LogP contribution in [0.15, 0.2) is 59.1 Å². The zero-order valence-corrected chi connectivity index (χ0v) is 15.4. The van der Waals surface area contributed by atoms with E-state index in [2.05, 4.69) is 38.2 Å². The van der Waals surface area contributed by atoms with Gasteiger partial charge in [0.1, 0.15) is 17.0 Å². The number of ether oxygens (including phenoxy) is 2. The van der Waals surface area contributed by atoms with Gasteiger partial charge in [0.2, 0.25) is 12.7 Å². The van der Waals surface area contributed by atoms with Gasteiger partial charge in [0, 0.05) is 18.0 Å². The van der Waals surface area contributed by atoms with E-state index in [-0.39, 0.29) is 12.3 Å². The van der Waals surface area contributed by atoms with Crippen molar-refractivity contribution in [1.29, 1.82) is 0 Å². The maximum Gasteiger partial charge on any atom is 0.247 e. The van der Waals surface area contributed by atoms with Crippen molar-refractivity contribution in [2.24, 2.45) is 0 Å². The number of hydrogen-bond donors (Lipinski definition) is 3. The average molecular weight is 393 g/mol. The number of anilines is 2. The molecule has 140 valence electrons. The van der Waals surface area contributed by atoms with E-state index < -0.39 is 0 Å². The highest BCUT2D eigenvalue weighted by Crippen LogP contribution is 2.34. The predicted molar refractivity (Wildman–Crippen MR) is 108 cm³/mol. The van der Waals surface area contributed by atoms with Gasteiger partial charge in [-0.25, -0.2) is 9.97 Å². The van der Waals surface area contributed by atoms with Crippen LogP contribution < -0.4 is 20.1 Å². The van der Waals surface area contributed by atoms with Gasteiger partial charge in [-0.2, -0.15) is 4.98 Å². The third-order valence-corrected chi connectivity index (χ3v) is 4.35. The number of rotatable bonds is 5. The first kappa shape index (κ1) is 16.7. The molecular weight excluding hydrogens is 378 g/mol. The third-order valence-electron chi connectivity index (χ3n) is 4.09. The van der Waals surface area contributed by atoms with Crippen LogP contribution in [0.5, 0.6) is 11.5 Å². The first-order chi connectivity index (χ1) is 13.7. The molecular formula is C19H15N5O3S. The van der Waals surface area contributed by atoms with Gasteiger partial charge < -0.3 is 24.5 Å². The highest BCUT2D eigenvalue weighted by atomic mass is 32.1. The fraction of sp³-hybridized carbons (Fsp3) is 0.105. The van der Waals surface area contributed by atoms with Gasteiger partial charge in [-0.1, -0.05) is 6.07 Å². The number of nitrogens with one attached hydrogen (secondary N) is 2. The molecule has 1 aromatic carbocycles. The molecule has 4 heterocycles. The van der Waals surface area contributed by atoms with Crippen molar-refractivity contribution >= 4 is 35.4 Å². The van der Waals surface area contributed by atoms with Crippen LogP contribution in [0.4, 0.5) is 11.5 Å². The molecule has 1 unspecified atom stereocenters. The molecule has 1 atom stereocenters. The fourth-order valence-corrected chi connectivity index (χ4v) is 3.11. The summed E-state index contributed by atoms with van der Waals surface area (Å²) in [7, 11) is 0. The average Bonchev–Trinajstić information content (AvgIpc) is 3.34. The highest BCUT2D eigenvalue weighted by molar-refractivity contribution is 7.81. The molecule has 0 amide bonds. The standard InChI is InChI=1S/C19H15N5O3S/c28-19(21-11-6-7-13-15(9-11)26-10-25-13)23-16-5-1-3-12(22-16)18-24-17-14(27-18)4-2-8-20-17/h1-9,19,21,28H,10H2,(H,22,23). The number of nitrogens with zero attached hydrogens (tertiary/aromatic N) is 3. The summed E-state index contributed by atoms with van der Waals surface area (Å²) in [5, 5.41) is 6.42. The van der Waals surface area contributed by atoms with Gasteiger partial charge in [-0.15, -0.1) is 12.6 Å². The monoisotopic (exact) mass is 393 g/mol. The lowest BCUT2D eigenvalue weighted by molar-refractivity contribution is 0.174. The van der Waals surface area contributed by atoms with Crippen molar-refractivity contribution in [3.8, 4) is 23.1 Å². The molecule has 9 heteroatoms. The lowest BCUT2D eigenvalue weighted by Gasteiger charge is -2.17. The van der Waals surface area contributed by atoms with Gasteiger partial charge in [-0.3, -0.25) is 0 Å². The summed E-state index contributed by atoms with van der Waals surface area (Å²) in [5.41, 5.74) is 2.24. The lowest BCUT2D eigenvalue weighted by Crippen LogP contribution is -2.23. The molecule has 0 fully saturated rings. The van der Waals surface area contributed by atoms with Crippen LogP contribution in [0.2, 0.25) is 0 Å². The van der Waals surface area contributed by atoms with Gasteiger partial charge in [-0.05, 0) is 36.4 Å². The molecule has 0 aliphatic carbocycles. The summed E-state index contributed by atoms with van der Waals surface area (Å²) in [5.74, 6) is 2.48. The Labute approximate surface area is 165 Å². The molecule has 1 aliphatic heterocycles. The third kappa shape index (κ3) is 3.27. The summed E-state index contributed by atoms with van der Waals surface area (Å²) in [6, 6.07) is 14.8. The van der Waals surface area contributed by atoms with Crippen LogP contribution in [-0.4, -0.2) is 27.2 Å². The molecule has 2 N–H and O–H groups in total. The molecule has 3 aromatic heterocycles. The fourth-order valence-electron chi connectivity index (χ4n) is 2.83. The number of benzene rings is 1. The van der Waals surface area contributed by atoms with Crippen LogP contribution in [0.25, 0.3) is 22.8 Å². The summed E-state index contributed by atoms with van der Waals surface area (Å²) in [6.07, 6.45) is 1.67. The van der Waals surface area contributed by atoms with E-state index in [0.29, 0.717) is 34.4 Å². The Bertz CT molecular complexity index is 1120. The van der Waals surface area contributed by atoms with Crippen molar-refractivity contribution in [1.82, 2.24) is 15.0 Å². The molecule has 0 saturated heterocycles. The second-order valence-corrected chi connectivity index (χ2v) is 6.53. The molecule has 5 rings (SSSR count). The number of aromatic nitrogens is 3. The van der Waals surface area contributed by atoms with E-state index in [9.17, 15) is 0 Å². The number of fused-ring (bicyclic) bond motifs is 2. The predicted octanol–water partition coefficient (Wildman–Crippen LogP) is 3.75. The minimum atomic E-state index is -0.381. The summed E-state index contributed by atoms with van der Waals surface area (Å²) in [6.45, 7) is 0.239. The number of pyridine rings is 2. The molecule has 1 aliphatic rings. The van der Waals surface area contributed by atoms with Crippen LogP contribution in [0.1, 0.15) is 0 Å². The Hall–Kier alpha value is -3.46. The Balaban J connectivity index is 1.32. The minimum absolute atomic E-state index is 0.239. The maximum absolute atomic E-state index is 5.73. The molecule has 0 radical (unpaired) electrons. The van der Waals surface area contributed by atoms with E-state index >= 15 is 0 Å². The minimum Gasteiger partial charge on any atom is -0.454 e. The van der Waals surface area contributed by atoms with Gasteiger partial charge in [0.15, 0.2) is 22.7 Å². The van der Waals surface area contributed by atoms with Crippen LogP contribution >= 0.6 is 12.6 Å². The van der Waals surface area contributed by atoms with Gasteiger partial charge in [0.25, 0.3) is 0 Å². The van der Waals surface area contributed by atoms with E-state index in [1.54, 1.807) is 12.3 Å². The van der Waals surface area contributed by atoms with E-state index in [0.717, 1.165) is 11.4 Å².